The Bertz CT molecular complexity index is 580. The van der Waals surface area contributed by atoms with Crippen molar-refractivity contribution in [2.45, 2.75) is 37.4 Å². The van der Waals surface area contributed by atoms with E-state index in [1.54, 1.807) is 0 Å². The smallest absolute Gasteiger partial charge is 0.190 e. The number of ether oxygens (including phenoxy) is 1. The van der Waals surface area contributed by atoms with E-state index in [0.717, 1.165) is 0 Å². The molecule has 0 radical (unpaired) electrons. The number of aliphatic hydroxyl groups is 3. The number of rotatable bonds is 2. The van der Waals surface area contributed by atoms with Gasteiger partial charge in [0.1, 0.15) is 17.8 Å². The summed E-state index contributed by atoms with van der Waals surface area (Å²) < 4.78 is 6.88. The molecule has 1 aromatic rings. The van der Waals surface area contributed by atoms with Gasteiger partial charge in [-0.2, -0.15) is 0 Å². The van der Waals surface area contributed by atoms with Crippen LogP contribution in [0.15, 0.2) is 11.3 Å². The van der Waals surface area contributed by atoms with Gasteiger partial charge >= 0.3 is 0 Å². The van der Waals surface area contributed by atoms with Gasteiger partial charge in [-0.05, 0) is 6.92 Å². The van der Waals surface area contributed by atoms with Gasteiger partial charge in [0.2, 0.25) is 0 Å². The normalized spacial score (nSPS) is 36.4. The molecule has 20 heavy (non-hydrogen) atoms. The Kier molecular flexibility index (Phi) is 2.98. The fourth-order valence-corrected chi connectivity index (χ4v) is 2.55. The molecule has 3 rings (SSSR count). The lowest BCUT2D eigenvalue weighted by molar-refractivity contribution is -0.0959. The monoisotopic (exact) mass is 281 g/mol. The summed E-state index contributed by atoms with van der Waals surface area (Å²) in [4.78, 5) is 19.8. The molecule has 2 aliphatic heterocycles. The molecule has 108 valence electrons. The quantitative estimate of drug-likeness (QED) is 0.651. The fraction of sp³-hybridized carbons (Fsp3) is 0.583. The van der Waals surface area contributed by atoms with Crippen molar-refractivity contribution in [2.75, 3.05) is 6.61 Å². The first-order valence-electron chi connectivity index (χ1n) is 6.26. The molecule has 0 bridgehead atoms. The first kappa shape index (κ1) is 13.4. The number of fused-ring (bicyclic) bond motifs is 1. The van der Waals surface area contributed by atoms with Crippen LogP contribution >= 0.6 is 0 Å². The highest BCUT2D eigenvalue weighted by Crippen LogP contribution is 2.41. The lowest BCUT2D eigenvalue weighted by atomic mass is 9.96. The summed E-state index contributed by atoms with van der Waals surface area (Å²) >= 11 is 0. The Hall–Kier alpha value is -1.61. The molecule has 3 N–H and O–H groups in total. The van der Waals surface area contributed by atoms with Crippen molar-refractivity contribution in [2.24, 2.45) is 4.99 Å². The molecule has 1 fully saturated rings. The van der Waals surface area contributed by atoms with Crippen LogP contribution in [0.4, 0.5) is 5.82 Å². The molecule has 1 aromatic heterocycles. The second-order valence-electron chi connectivity index (χ2n) is 5.14. The maximum Gasteiger partial charge on any atom is 0.190 e. The average molecular weight is 281 g/mol. The van der Waals surface area contributed by atoms with E-state index in [1.807, 2.05) is 0 Å². The molecule has 3 heterocycles. The maximum absolute atomic E-state index is 11.7. The summed E-state index contributed by atoms with van der Waals surface area (Å²) in [5, 5.41) is 29.5. The molecular formula is C12H15N3O5. The number of aliphatic imine (C=N–C) groups is 1. The SMILES string of the molecule is C[C@]1(O)C(O)[C@@H](CO)O[C@H]1n1cnc2c1N=CCC2=O. The third kappa shape index (κ3) is 1.73. The highest BCUT2D eigenvalue weighted by atomic mass is 16.6. The molecule has 1 unspecified atom stereocenters. The maximum atomic E-state index is 11.7. The van der Waals surface area contributed by atoms with E-state index in [1.165, 1.54) is 24.0 Å². The van der Waals surface area contributed by atoms with Crippen LogP contribution < -0.4 is 0 Å². The minimum atomic E-state index is -1.63. The Morgan fingerprint density at radius 2 is 2.35 bits per heavy atom. The molecule has 8 nitrogen and oxygen atoms in total. The molecule has 0 saturated carbocycles. The van der Waals surface area contributed by atoms with Crippen LogP contribution in [0.25, 0.3) is 0 Å². The minimum absolute atomic E-state index is 0.161. The third-order valence-electron chi connectivity index (χ3n) is 3.71. The number of aliphatic hydroxyl groups excluding tert-OH is 2. The summed E-state index contributed by atoms with van der Waals surface area (Å²) in [5.41, 5.74) is -1.41. The number of imidazole rings is 1. The highest BCUT2D eigenvalue weighted by Gasteiger charge is 2.53. The lowest BCUT2D eigenvalue weighted by Gasteiger charge is -2.27. The van der Waals surface area contributed by atoms with Gasteiger partial charge in [0.05, 0.1) is 12.9 Å². The van der Waals surface area contributed by atoms with Crippen molar-refractivity contribution in [1.82, 2.24) is 9.55 Å². The molecule has 8 heteroatoms. The molecular weight excluding hydrogens is 266 g/mol. The fourth-order valence-electron chi connectivity index (χ4n) is 2.55. The standard InChI is InChI=1S/C12H15N3O5/c1-12(19)9(18)7(4-16)20-11(12)15-5-14-8-6(17)2-3-13-10(8)15/h3,5,7,9,11,16,18-19H,2,4H2,1H3/t7-,9?,11-,12+/m1/s1. The van der Waals surface area contributed by atoms with Crippen LogP contribution in [0.2, 0.25) is 0 Å². The Morgan fingerprint density at radius 3 is 3.00 bits per heavy atom. The molecule has 0 amide bonds. The van der Waals surface area contributed by atoms with Crippen molar-refractivity contribution < 1.29 is 24.9 Å². The molecule has 0 aliphatic carbocycles. The molecule has 1 saturated heterocycles. The second kappa shape index (κ2) is 4.45. The Labute approximate surface area is 114 Å². The van der Waals surface area contributed by atoms with Gasteiger partial charge < -0.3 is 20.1 Å². The Morgan fingerprint density at radius 1 is 1.60 bits per heavy atom. The van der Waals surface area contributed by atoms with E-state index in [0.29, 0.717) is 0 Å². The first-order chi connectivity index (χ1) is 9.46. The predicted octanol–water partition coefficient (Wildman–Crippen LogP) is -0.827. The van der Waals surface area contributed by atoms with Gasteiger partial charge in [-0.3, -0.25) is 9.36 Å². The van der Waals surface area contributed by atoms with Crippen LogP contribution in [0.1, 0.15) is 30.1 Å². The Balaban J connectivity index is 2.03. The summed E-state index contributed by atoms with van der Waals surface area (Å²) in [7, 11) is 0. The van der Waals surface area contributed by atoms with E-state index in [9.17, 15) is 15.0 Å². The van der Waals surface area contributed by atoms with Crippen molar-refractivity contribution in [3.63, 3.8) is 0 Å². The van der Waals surface area contributed by atoms with Crippen LogP contribution in [0.5, 0.6) is 0 Å². The minimum Gasteiger partial charge on any atom is -0.394 e. The molecule has 0 aromatic carbocycles. The zero-order valence-corrected chi connectivity index (χ0v) is 10.8. The molecule has 0 spiro atoms. The van der Waals surface area contributed by atoms with Gasteiger partial charge in [-0.1, -0.05) is 0 Å². The summed E-state index contributed by atoms with van der Waals surface area (Å²) in [5.74, 6) is 0.128. The van der Waals surface area contributed by atoms with Crippen LogP contribution in [0.3, 0.4) is 0 Å². The number of carbonyl (C=O) groups excluding carboxylic acids is 1. The summed E-state index contributed by atoms with van der Waals surface area (Å²) in [6.07, 6.45) is -0.138. The van der Waals surface area contributed by atoms with Crippen molar-refractivity contribution in [1.29, 1.82) is 0 Å². The largest absolute Gasteiger partial charge is 0.394 e. The second-order valence-corrected chi connectivity index (χ2v) is 5.14. The van der Waals surface area contributed by atoms with Crippen LogP contribution in [0, 0.1) is 0 Å². The molecule has 4 atom stereocenters. The topological polar surface area (TPSA) is 117 Å². The predicted molar refractivity (Wildman–Crippen MR) is 67.0 cm³/mol. The van der Waals surface area contributed by atoms with Gasteiger partial charge in [0.25, 0.3) is 0 Å². The van der Waals surface area contributed by atoms with E-state index >= 15 is 0 Å². The van der Waals surface area contributed by atoms with Crippen LogP contribution in [-0.4, -0.2) is 61.3 Å². The number of hydrogen-bond donors (Lipinski definition) is 3. The number of hydrogen-bond acceptors (Lipinski definition) is 7. The lowest BCUT2D eigenvalue weighted by Crippen LogP contribution is -2.44. The van der Waals surface area contributed by atoms with Crippen LogP contribution in [-0.2, 0) is 4.74 Å². The third-order valence-corrected chi connectivity index (χ3v) is 3.71. The average Bonchev–Trinajstić information content (AvgIpc) is 2.92. The van der Waals surface area contributed by atoms with Gasteiger partial charge in [-0.25, -0.2) is 9.98 Å². The van der Waals surface area contributed by atoms with Gasteiger partial charge in [0.15, 0.2) is 23.5 Å². The number of carbonyl (C=O) groups is 1. The zero-order chi connectivity index (χ0) is 14.5. The number of ketones is 1. The summed E-state index contributed by atoms with van der Waals surface area (Å²) in [6, 6.07) is 0. The van der Waals surface area contributed by atoms with Gasteiger partial charge in [-0.15, -0.1) is 0 Å². The zero-order valence-electron chi connectivity index (χ0n) is 10.8. The van der Waals surface area contributed by atoms with Crippen molar-refractivity contribution in [3.8, 4) is 0 Å². The van der Waals surface area contributed by atoms with Crippen molar-refractivity contribution in [3.05, 3.63) is 12.0 Å². The van der Waals surface area contributed by atoms with Crippen molar-refractivity contribution >= 4 is 17.8 Å². The number of nitrogens with zero attached hydrogens (tertiary/aromatic N) is 3. The first-order valence-corrected chi connectivity index (χ1v) is 6.26. The number of aromatic nitrogens is 2. The van der Waals surface area contributed by atoms with E-state index in [2.05, 4.69) is 9.98 Å². The number of Topliss-reactive ketones (excluding diaryl/α,β-unsaturated/α-hetero) is 1. The summed E-state index contributed by atoms with van der Waals surface area (Å²) in [6.45, 7) is 0.978. The highest BCUT2D eigenvalue weighted by molar-refractivity contribution is 6.08. The molecule has 2 aliphatic rings. The van der Waals surface area contributed by atoms with E-state index in [-0.39, 0.29) is 23.7 Å². The van der Waals surface area contributed by atoms with Gasteiger partial charge in [0, 0.05) is 12.6 Å². The van der Waals surface area contributed by atoms with E-state index in [4.69, 9.17) is 9.84 Å². The van der Waals surface area contributed by atoms with E-state index < -0.39 is 30.6 Å².